The molecule has 0 amide bonds. The molecule has 1 aromatic carbocycles. The number of amidine groups is 1. The van der Waals surface area contributed by atoms with Crippen LogP contribution in [0.25, 0.3) is 0 Å². The minimum absolute atomic E-state index is 0.262. The second-order valence-corrected chi connectivity index (χ2v) is 7.41. The van der Waals surface area contributed by atoms with Gasteiger partial charge >= 0.3 is 5.97 Å². The largest absolute Gasteiger partial charge is 0.494 e. The maximum Gasteiger partial charge on any atom is 0.338 e. The zero-order valence-electron chi connectivity index (χ0n) is 16.8. The van der Waals surface area contributed by atoms with Crippen molar-refractivity contribution in [3.8, 4) is 11.8 Å². The molecule has 0 aliphatic carbocycles. The van der Waals surface area contributed by atoms with Gasteiger partial charge in [0.1, 0.15) is 22.5 Å². The van der Waals surface area contributed by atoms with E-state index >= 15 is 0 Å². The summed E-state index contributed by atoms with van der Waals surface area (Å²) in [4.78, 5) is 19.8. The number of nitrogens with zero attached hydrogens (tertiary/aromatic N) is 3. The maximum atomic E-state index is 13.0. The fourth-order valence-corrected chi connectivity index (χ4v) is 4.26. The van der Waals surface area contributed by atoms with Crippen LogP contribution in [0.1, 0.15) is 45.2 Å². The van der Waals surface area contributed by atoms with Crippen LogP contribution in [0.2, 0.25) is 0 Å². The molecule has 0 radical (unpaired) electrons. The van der Waals surface area contributed by atoms with Crippen molar-refractivity contribution in [1.29, 1.82) is 5.26 Å². The van der Waals surface area contributed by atoms with Gasteiger partial charge in [-0.2, -0.15) is 5.26 Å². The summed E-state index contributed by atoms with van der Waals surface area (Å²) in [6.45, 7) is 6.56. The number of fused-ring (bicyclic) bond motifs is 1. The molecule has 0 fully saturated rings. The van der Waals surface area contributed by atoms with Gasteiger partial charge in [0, 0.05) is 0 Å². The van der Waals surface area contributed by atoms with Crippen molar-refractivity contribution in [3.05, 3.63) is 51.8 Å². The van der Waals surface area contributed by atoms with Gasteiger partial charge in [-0.3, -0.25) is 4.90 Å². The highest BCUT2D eigenvalue weighted by atomic mass is 32.2. The van der Waals surface area contributed by atoms with Crippen molar-refractivity contribution >= 4 is 22.9 Å². The number of hydrogen-bond donors (Lipinski definition) is 1. The van der Waals surface area contributed by atoms with Gasteiger partial charge in [-0.25, -0.2) is 9.79 Å². The molecule has 1 atom stereocenters. The third-order valence-electron chi connectivity index (χ3n) is 4.56. The van der Waals surface area contributed by atoms with Gasteiger partial charge in [0.15, 0.2) is 5.17 Å². The van der Waals surface area contributed by atoms with Gasteiger partial charge < -0.3 is 15.2 Å². The van der Waals surface area contributed by atoms with Crippen LogP contribution in [-0.4, -0.2) is 29.3 Å². The standard InChI is InChI=1S/C21H24N4O3S/c1-4-7-15-17(20(26)28-6-3)18(13-8-10-14(11-9-13)27-5-2)25-19(23)16(12-22)29-21(25)24-15/h8-11,18H,4-7,23H2,1-3H3/t18-/m0/s1. The van der Waals surface area contributed by atoms with Crippen LogP contribution in [0.5, 0.6) is 5.75 Å². The summed E-state index contributed by atoms with van der Waals surface area (Å²) in [5.74, 6) is 0.627. The first-order valence-corrected chi connectivity index (χ1v) is 10.5. The Bertz CT molecular complexity index is 928. The van der Waals surface area contributed by atoms with E-state index in [2.05, 4.69) is 11.1 Å². The highest BCUT2D eigenvalue weighted by molar-refractivity contribution is 8.17. The van der Waals surface area contributed by atoms with Crippen LogP contribution >= 0.6 is 11.8 Å². The van der Waals surface area contributed by atoms with E-state index in [9.17, 15) is 10.1 Å². The Labute approximate surface area is 174 Å². The molecule has 3 rings (SSSR count). The molecule has 8 heteroatoms. The lowest BCUT2D eigenvalue weighted by Crippen LogP contribution is -2.39. The van der Waals surface area contributed by atoms with E-state index in [1.807, 2.05) is 38.1 Å². The minimum Gasteiger partial charge on any atom is -0.494 e. The van der Waals surface area contributed by atoms with Gasteiger partial charge in [0.25, 0.3) is 0 Å². The first-order chi connectivity index (χ1) is 14.0. The molecular formula is C21H24N4O3S. The Hall–Kier alpha value is -2.92. The number of carbonyl (C=O) groups is 1. The molecular weight excluding hydrogens is 388 g/mol. The van der Waals surface area contributed by atoms with E-state index < -0.39 is 12.0 Å². The SMILES string of the molecule is CCCC1=C(C(=O)OCC)[C@H](c2ccc(OCC)cc2)N2C(=N1)SC(C#N)=C2N. The van der Waals surface area contributed by atoms with E-state index in [1.165, 1.54) is 11.8 Å². The van der Waals surface area contributed by atoms with Crippen LogP contribution < -0.4 is 10.5 Å². The Morgan fingerprint density at radius 3 is 2.59 bits per heavy atom. The lowest BCUT2D eigenvalue weighted by atomic mass is 9.93. The Balaban J connectivity index is 2.16. The van der Waals surface area contributed by atoms with E-state index in [4.69, 9.17) is 15.2 Å². The molecule has 0 saturated carbocycles. The summed E-state index contributed by atoms with van der Waals surface area (Å²) in [5.41, 5.74) is 8.27. The molecule has 0 spiro atoms. The van der Waals surface area contributed by atoms with Gasteiger partial charge in [-0.05, 0) is 49.7 Å². The second kappa shape index (κ2) is 9.05. The number of hydrogen-bond acceptors (Lipinski definition) is 8. The van der Waals surface area contributed by atoms with Crippen LogP contribution in [0.4, 0.5) is 0 Å². The predicted molar refractivity (Wildman–Crippen MR) is 113 cm³/mol. The van der Waals surface area contributed by atoms with Gasteiger partial charge in [-0.15, -0.1) is 0 Å². The average molecular weight is 413 g/mol. The zero-order chi connectivity index (χ0) is 21.0. The molecule has 0 bridgehead atoms. The number of benzene rings is 1. The van der Waals surface area contributed by atoms with Crippen molar-refractivity contribution in [3.63, 3.8) is 0 Å². The van der Waals surface area contributed by atoms with Crippen molar-refractivity contribution in [1.82, 2.24) is 4.90 Å². The van der Waals surface area contributed by atoms with Crippen molar-refractivity contribution in [2.24, 2.45) is 10.7 Å². The van der Waals surface area contributed by atoms with Crippen molar-refractivity contribution in [2.75, 3.05) is 13.2 Å². The summed E-state index contributed by atoms with van der Waals surface area (Å²) in [6, 6.07) is 9.14. The normalized spacial score (nSPS) is 18.3. The topological polar surface area (TPSA) is 101 Å². The fourth-order valence-electron chi connectivity index (χ4n) is 3.37. The van der Waals surface area contributed by atoms with E-state index in [0.717, 1.165) is 17.7 Å². The predicted octanol–water partition coefficient (Wildman–Crippen LogP) is 3.81. The highest BCUT2D eigenvalue weighted by Crippen LogP contribution is 2.46. The lowest BCUT2D eigenvalue weighted by molar-refractivity contribution is -0.139. The fraction of sp³-hybridized carbons (Fsp3) is 0.381. The van der Waals surface area contributed by atoms with E-state index in [1.54, 1.807) is 11.8 Å². The lowest BCUT2D eigenvalue weighted by Gasteiger charge is -2.35. The van der Waals surface area contributed by atoms with Crippen LogP contribution in [-0.2, 0) is 9.53 Å². The molecule has 2 aliphatic rings. The number of nitriles is 1. The first-order valence-electron chi connectivity index (χ1n) is 9.64. The number of thioether (sulfide) groups is 1. The molecule has 0 unspecified atom stereocenters. The van der Waals surface area contributed by atoms with Gasteiger partial charge in [0.05, 0.1) is 30.5 Å². The zero-order valence-corrected chi connectivity index (χ0v) is 17.6. The molecule has 2 heterocycles. The van der Waals surface area contributed by atoms with Crippen molar-refractivity contribution < 1.29 is 14.3 Å². The Morgan fingerprint density at radius 2 is 2.00 bits per heavy atom. The maximum absolute atomic E-state index is 13.0. The smallest absolute Gasteiger partial charge is 0.338 e. The summed E-state index contributed by atoms with van der Waals surface area (Å²) in [7, 11) is 0. The summed E-state index contributed by atoms with van der Waals surface area (Å²) < 4.78 is 10.9. The molecule has 152 valence electrons. The number of nitrogens with two attached hydrogens (primary N) is 1. The van der Waals surface area contributed by atoms with Crippen LogP contribution in [0, 0.1) is 11.3 Å². The molecule has 1 aromatic rings. The second-order valence-electron chi connectivity index (χ2n) is 6.43. The number of rotatable bonds is 7. The number of carbonyl (C=O) groups excluding carboxylic acids is 1. The number of aliphatic imine (C=N–C) groups is 1. The molecule has 2 N–H and O–H groups in total. The highest BCUT2D eigenvalue weighted by Gasteiger charge is 2.43. The molecule has 29 heavy (non-hydrogen) atoms. The quantitative estimate of drug-likeness (QED) is 0.680. The molecule has 2 aliphatic heterocycles. The molecule has 7 nitrogen and oxygen atoms in total. The van der Waals surface area contributed by atoms with Crippen LogP contribution in [0.3, 0.4) is 0 Å². The third kappa shape index (κ3) is 3.96. The number of ether oxygens (including phenoxy) is 2. The van der Waals surface area contributed by atoms with Gasteiger partial charge in [0.2, 0.25) is 0 Å². The minimum atomic E-state index is -0.517. The first kappa shape index (κ1) is 20.8. The number of allylic oxidation sites excluding steroid dienone is 2. The van der Waals surface area contributed by atoms with Crippen molar-refractivity contribution in [2.45, 2.75) is 39.7 Å². The van der Waals surface area contributed by atoms with Gasteiger partial charge in [-0.1, -0.05) is 25.5 Å². The Morgan fingerprint density at radius 1 is 1.28 bits per heavy atom. The average Bonchev–Trinajstić information content (AvgIpc) is 3.03. The Kier molecular flexibility index (Phi) is 6.49. The summed E-state index contributed by atoms with van der Waals surface area (Å²) >= 11 is 1.23. The van der Waals surface area contributed by atoms with E-state index in [-0.39, 0.29) is 6.61 Å². The third-order valence-corrected chi connectivity index (χ3v) is 5.53. The monoisotopic (exact) mass is 412 g/mol. The molecule has 0 aromatic heterocycles. The summed E-state index contributed by atoms with van der Waals surface area (Å²) in [5, 5.41) is 10.1. The summed E-state index contributed by atoms with van der Waals surface area (Å²) in [6.07, 6.45) is 1.45. The molecule has 0 saturated heterocycles. The van der Waals surface area contributed by atoms with E-state index in [0.29, 0.717) is 40.2 Å². The van der Waals surface area contributed by atoms with Crippen LogP contribution in [0.15, 0.2) is 51.3 Å². The number of esters is 1.